The lowest BCUT2D eigenvalue weighted by Crippen LogP contribution is -2.37. The molecular weight excluding hydrogens is 387 g/mol. The first-order chi connectivity index (χ1) is 12.3. The number of benzene rings is 1. The fraction of sp³-hybridized carbons (Fsp3) is 0.471. The number of likely N-dealkylation sites (tertiary alicyclic amines) is 1. The number of carbonyl (C=O) groups is 1. The number of hydrogen-bond donors (Lipinski definition) is 1. The van der Waals surface area contributed by atoms with Crippen LogP contribution in [-0.2, 0) is 11.0 Å². The van der Waals surface area contributed by atoms with Crippen LogP contribution in [0.3, 0.4) is 0 Å². The van der Waals surface area contributed by atoms with Crippen molar-refractivity contribution in [3.63, 3.8) is 0 Å². The van der Waals surface area contributed by atoms with Crippen molar-refractivity contribution in [1.29, 1.82) is 0 Å². The second kappa shape index (κ2) is 8.26. The van der Waals surface area contributed by atoms with Crippen LogP contribution in [0.4, 0.5) is 13.2 Å². The van der Waals surface area contributed by atoms with E-state index in [-0.39, 0.29) is 35.8 Å². The molecule has 1 aromatic heterocycles. The summed E-state index contributed by atoms with van der Waals surface area (Å²) in [5.41, 5.74) is -0.545. The summed E-state index contributed by atoms with van der Waals surface area (Å²) in [5, 5.41) is 12.8. The first kappa shape index (κ1) is 21.2. The largest absolute Gasteiger partial charge is 0.481 e. The molecule has 3 rings (SSSR count). The molecule has 0 spiro atoms. The number of alkyl halides is 3. The van der Waals surface area contributed by atoms with E-state index in [0.717, 1.165) is 12.1 Å². The zero-order chi connectivity index (χ0) is 18.9. The van der Waals surface area contributed by atoms with Crippen LogP contribution >= 0.6 is 12.4 Å². The van der Waals surface area contributed by atoms with Crippen LogP contribution in [0.2, 0.25) is 0 Å². The topological polar surface area (TPSA) is 79.5 Å². The van der Waals surface area contributed by atoms with Crippen molar-refractivity contribution in [3.05, 3.63) is 35.7 Å². The highest BCUT2D eigenvalue weighted by molar-refractivity contribution is 5.85. The molecule has 0 saturated carbocycles. The number of aromatic nitrogens is 2. The maximum atomic E-state index is 12.8. The van der Waals surface area contributed by atoms with Crippen LogP contribution in [0.25, 0.3) is 11.4 Å². The lowest BCUT2D eigenvalue weighted by molar-refractivity contribution is -0.143. The molecule has 1 aromatic carbocycles. The molecular formula is C17H19ClF3N3O3. The maximum Gasteiger partial charge on any atom is 0.416 e. The Kier molecular flexibility index (Phi) is 6.48. The van der Waals surface area contributed by atoms with Gasteiger partial charge in [-0.25, -0.2) is 0 Å². The second-order valence-corrected chi connectivity index (χ2v) is 6.36. The first-order valence-corrected chi connectivity index (χ1v) is 8.24. The lowest BCUT2D eigenvalue weighted by atomic mass is 9.96. The normalized spacial score (nSPS) is 17.3. The van der Waals surface area contributed by atoms with E-state index >= 15 is 0 Å². The van der Waals surface area contributed by atoms with Crippen LogP contribution in [0.15, 0.2) is 28.8 Å². The SMILES string of the molecule is CC(c1nc(-c2cccc(C(F)(F)F)c2)no1)N1CCC(C(=O)O)CC1.Cl. The molecule has 2 aromatic rings. The molecule has 1 fully saturated rings. The Morgan fingerprint density at radius 1 is 1.33 bits per heavy atom. The van der Waals surface area contributed by atoms with Gasteiger partial charge in [-0.1, -0.05) is 17.3 Å². The van der Waals surface area contributed by atoms with Gasteiger partial charge in [0.05, 0.1) is 17.5 Å². The average Bonchev–Trinajstić information content (AvgIpc) is 3.10. The maximum absolute atomic E-state index is 12.8. The third-order valence-corrected chi connectivity index (χ3v) is 4.67. The standard InChI is InChI=1S/C17H18F3N3O3.ClH/c1-10(23-7-5-11(6-8-23)16(24)25)15-21-14(22-26-15)12-3-2-4-13(9-12)17(18,19)20;/h2-4,9-11H,5-8H2,1H3,(H,24,25);1H. The molecule has 148 valence electrons. The third-order valence-electron chi connectivity index (χ3n) is 4.67. The number of hydrogen-bond acceptors (Lipinski definition) is 5. The van der Waals surface area contributed by atoms with Gasteiger partial charge in [0.2, 0.25) is 11.7 Å². The Bertz CT molecular complexity index is 789. The minimum Gasteiger partial charge on any atom is -0.481 e. The zero-order valence-electron chi connectivity index (χ0n) is 14.4. The van der Waals surface area contributed by atoms with Crippen LogP contribution < -0.4 is 0 Å². The van der Waals surface area contributed by atoms with Crippen LogP contribution in [0.1, 0.15) is 37.3 Å². The van der Waals surface area contributed by atoms with Gasteiger partial charge < -0.3 is 9.63 Å². The first-order valence-electron chi connectivity index (χ1n) is 8.24. The predicted octanol–water partition coefficient (Wildman–Crippen LogP) is 4.03. The van der Waals surface area contributed by atoms with Crippen LogP contribution in [0.5, 0.6) is 0 Å². The highest BCUT2D eigenvalue weighted by atomic mass is 35.5. The lowest BCUT2D eigenvalue weighted by Gasteiger charge is -2.32. The van der Waals surface area contributed by atoms with E-state index in [9.17, 15) is 18.0 Å². The van der Waals surface area contributed by atoms with E-state index in [1.165, 1.54) is 12.1 Å². The summed E-state index contributed by atoms with van der Waals surface area (Å²) >= 11 is 0. The van der Waals surface area contributed by atoms with Gasteiger partial charge in [0.15, 0.2) is 0 Å². The molecule has 1 unspecified atom stereocenters. The highest BCUT2D eigenvalue weighted by Gasteiger charge is 2.32. The van der Waals surface area contributed by atoms with E-state index in [1.807, 2.05) is 11.8 Å². The molecule has 10 heteroatoms. The smallest absolute Gasteiger partial charge is 0.416 e. The summed E-state index contributed by atoms with van der Waals surface area (Å²) in [6.45, 7) is 3.02. The highest BCUT2D eigenvalue weighted by Crippen LogP contribution is 2.32. The van der Waals surface area contributed by atoms with Gasteiger partial charge in [-0.2, -0.15) is 18.2 Å². The predicted molar refractivity (Wildman–Crippen MR) is 92.3 cm³/mol. The Labute approximate surface area is 159 Å². The summed E-state index contributed by atoms with van der Waals surface area (Å²) in [4.78, 5) is 17.3. The van der Waals surface area contributed by atoms with E-state index in [4.69, 9.17) is 9.63 Å². The number of halogens is 4. The van der Waals surface area contributed by atoms with Gasteiger partial charge in [-0.3, -0.25) is 9.69 Å². The van der Waals surface area contributed by atoms with Crippen LogP contribution in [0, 0.1) is 5.92 Å². The van der Waals surface area contributed by atoms with Gasteiger partial charge in [0, 0.05) is 5.56 Å². The van der Waals surface area contributed by atoms with Crippen molar-refractivity contribution in [2.45, 2.75) is 32.0 Å². The van der Waals surface area contributed by atoms with Crippen LogP contribution in [-0.4, -0.2) is 39.2 Å². The number of carboxylic acids is 1. The van der Waals surface area contributed by atoms with Gasteiger partial charge in [-0.15, -0.1) is 12.4 Å². The van der Waals surface area contributed by atoms with Crippen molar-refractivity contribution >= 4 is 18.4 Å². The summed E-state index contributed by atoms with van der Waals surface area (Å²) in [6.07, 6.45) is -3.37. The van der Waals surface area contributed by atoms with Crippen molar-refractivity contribution in [2.24, 2.45) is 5.92 Å². The molecule has 2 heterocycles. The molecule has 1 N–H and O–H groups in total. The number of aliphatic carboxylic acids is 1. The van der Waals surface area contributed by atoms with Gasteiger partial charge >= 0.3 is 12.1 Å². The molecule has 0 bridgehead atoms. The van der Waals surface area contributed by atoms with Gasteiger partial charge in [-0.05, 0) is 45.0 Å². The number of piperidine rings is 1. The third kappa shape index (κ3) is 4.78. The Morgan fingerprint density at radius 2 is 2.00 bits per heavy atom. The average molecular weight is 406 g/mol. The molecule has 0 aliphatic carbocycles. The molecule has 1 saturated heterocycles. The Morgan fingerprint density at radius 3 is 2.59 bits per heavy atom. The molecule has 0 amide bonds. The molecule has 0 radical (unpaired) electrons. The molecule has 6 nitrogen and oxygen atoms in total. The molecule has 27 heavy (non-hydrogen) atoms. The van der Waals surface area contributed by atoms with E-state index in [2.05, 4.69) is 10.1 Å². The number of nitrogens with zero attached hydrogens (tertiary/aromatic N) is 3. The summed E-state index contributed by atoms with van der Waals surface area (Å²) < 4.78 is 43.7. The minimum absolute atomic E-state index is 0. The van der Waals surface area contributed by atoms with Crippen molar-refractivity contribution in [3.8, 4) is 11.4 Å². The summed E-state index contributed by atoms with van der Waals surface area (Å²) in [5.74, 6) is -0.742. The summed E-state index contributed by atoms with van der Waals surface area (Å²) in [6, 6.07) is 4.52. The van der Waals surface area contributed by atoms with Crippen molar-refractivity contribution < 1.29 is 27.6 Å². The van der Waals surface area contributed by atoms with Crippen molar-refractivity contribution in [2.75, 3.05) is 13.1 Å². The molecule has 1 aliphatic rings. The Hall–Kier alpha value is -2.13. The van der Waals surface area contributed by atoms with Crippen molar-refractivity contribution in [1.82, 2.24) is 15.0 Å². The zero-order valence-corrected chi connectivity index (χ0v) is 15.3. The number of carboxylic acid groups (broad SMARTS) is 1. The van der Waals surface area contributed by atoms with Gasteiger partial charge in [0.25, 0.3) is 0 Å². The second-order valence-electron chi connectivity index (χ2n) is 6.36. The van der Waals surface area contributed by atoms with E-state index in [0.29, 0.717) is 31.8 Å². The van der Waals surface area contributed by atoms with Gasteiger partial charge in [0.1, 0.15) is 0 Å². The molecule has 1 aliphatic heterocycles. The summed E-state index contributed by atoms with van der Waals surface area (Å²) in [7, 11) is 0. The molecule has 1 atom stereocenters. The fourth-order valence-corrected chi connectivity index (χ4v) is 3.05. The Balaban J connectivity index is 0.00000261. The van der Waals surface area contributed by atoms with E-state index < -0.39 is 17.7 Å². The minimum atomic E-state index is -4.44. The van der Waals surface area contributed by atoms with E-state index in [1.54, 1.807) is 0 Å². The monoisotopic (exact) mass is 405 g/mol. The number of rotatable bonds is 4. The quantitative estimate of drug-likeness (QED) is 0.827. The fourth-order valence-electron chi connectivity index (χ4n) is 3.05.